The van der Waals surface area contributed by atoms with Crippen LogP contribution < -0.4 is 10.9 Å². The highest BCUT2D eigenvalue weighted by molar-refractivity contribution is 5.76. The van der Waals surface area contributed by atoms with Gasteiger partial charge in [0.05, 0.1) is 19.3 Å². The Morgan fingerprint density at radius 3 is 2.75 bits per heavy atom. The molecule has 7 heteroatoms. The first kappa shape index (κ1) is 19.8. The van der Waals surface area contributed by atoms with Gasteiger partial charge in [-0.1, -0.05) is 50.6 Å². The summed E-state index contributed by atoms with van der Waals surface area (Å²) in [4.78, 5) is 29.1. The van der Waals surface area contributed by atoms with E-state index in [0.717, 1.165) is 11.1 Å². The number of hydrogen-bond acceptors (Lipinski definition) is 4. The number of carbonyl (C=O) groups excluding carboxylic acids is 1. The van der Waals surface area contributed by atoms with Crippen molar-refractivity contribution in [2.45, 2.75) is 47.2 Å². The Kier molecular flexibility index (Phi) is 5.63. The minimum absolute atomic E-state index is 0.0115. The van der Waals surface area contributed by atoms with Crippen LogP contribution in [0.4, 0.5) is 0 Å². The molecule has 0 unspecified atom stereocenters. The topological polar surface area (TPSA) is 81.8 Å². The van der Waals surface area contributed by atoms with Crippen LogP contribution in [-0.4, -0.2) is 31.8 Å². The fraction of sp³-hybridized carbons (Fsp3) is 0.429. The van der Waals surface area contributed by atoms with Gasteiger partial charge in [0, 0.05) is 13.0 Å². The van der Waals surface area contributed by atoms with Crippen LogP contribution in [0.15, 0.2) is 41.6 Å². The monoisotopic (exact) mass is 381 g/mol. The normalized spacial score (nSPS) is 11.7. The third-order valence-corrected chi connectivity index (χ3v) is 4.39. The fourth-order valence-corrected chi connectivity index (χ4v) is 3.13. The van der Waals surface area contributed by atoms with Crippen molar-refractivity contribution in [3.63, 3.8) is 0 Å². The van der Waals surface area contributed by atoms with E-state index in [0.29, 0.717) is 37.1 Å². The number of aryl methyl sites for hydroxylation is 1. The molecule has 1 amide bonds. The van der Waals surface area contributed by atoms with Gasteiger partial charge in [0.1, 0.15) is 11.7 Å². The number of hydrogen-bond donors (Lipinski definition) is 1. The van der Waals surface area contributed by atoms with Crippen molar-refractivity contribution in [1.82, 2.24) is 24.6 Å². The van der Waals surface area contributed by atoms with Crippen molar-refractivity contribution < 1.29 is 4.79 Å². The van der Waals surface area contributed by atoms with Gasteiger partial charge in [0.15, 0.2) is 5.65 Å². The van der Waals surface area contributed by atoms with E-state index in [-0.39, 0.29) is 16.9 Å². The molecule has 0 spiro atoms. The molecule has 0 bridgehead atoms. The molecule has 3 aromatic rings. The van der Waals surface area contributed by atoms with E-state index in [9.17, 15) is 9.59 Å². The number of nitrogens with zero attached hydrogens (tertiary/aromatic N) is 4. The first-order chi connectivity index (χ1) is 13.2. The third-order valence-electron chi connectivity index (χ3n) is 4.39. The Bertz CT molecular complexity index is 1040. The van der Waals surface area contributed by atoms with Gasteiger partial charge in [-0.3, -0.25) is 14.2 Å². The zero-order valence-electron chi connectivity index (χ0n) is 16.9. The smallest absolute Gasteiger partial charge is 0.264 e. The van der Waals surface area contributed by atoms with E-state index < -0.39 is 0 Å². The summed E-state index contributed by atoms with van der Waals surface area (Å²) in [5, 5.41) is 7.66. The van der Waals surface area contributed by atoms with Crippen LogP contribution in [0.3, 0.4) is 0 Å². The Morgan fingerprint density at radius 1 is 1.25 bits per heavy atom. The molecular weight excluding hydrogens is 354 g/mol. The van der Waals surface area contributed by atoms with E-state index in [4.69, 9.17) is 0 Å². The average Bonchev–Trinajstić information content (AvgIpc) is 3.00. The van der Waals surface area contributed by atoms with E-state index in [2.05, 4.69) is 21.5 Å². The van der Waals surface area contributed by atoms with Crippen molar-refractivity contribution >= 4 is 16.9 Å². The van der Waals surface area contributed by atoms with Gasteiger partial charge in [-0.15, -0.1) is 0 Å². The first-order valence-electron chi connectivity index (χ1n) is 9.46. The molecule has 0 radical (unpaired) electrons. The number of fused-ring (bicyclic) bond motifs is 1. The van der Waals surface area contributed by atoms with Crippen LogP contribution >= 0.6 is 0 Å². The molecular formula is C21H27N5O2. The number of benzene rings is 1. The van der Waals surface area contributed by atoms with E-state index >= 15 is 0 Å². The van der Waals surface area contributed by atoms with Crippen molar-refractivity contribution in [1.29, 1.82) is 0 Å². The van der Waals surface area contributed by atoms with Crippen molar-refractivity contribution in [2.24, 2.45) is 5.41 Å². The second-order valence-corrected chi connectivity index (χ2v) is 8.36. The summed E-state index contributed by atoms with van der Waals surface area (Å²) in [6.45, 7) is 9.49. The lowest BCUT2D eigenvalue weighted by Gasteiger charge is -2.17. The molecule has 7 nitrogen and oxygen atoms in total. The lowest BCUT2D eigenvalue weighted by Crippen LogP contribution is -2.30. The minimum Gasteiger partial charge on any atom is -0.354 e. The third kappa shape index (κ3) is 4.85. The molecule has 0 aliphatic heterocycles. The standard InChI is InChI=1S/C21H27N5O2/c1-15-6-5-7-16(10-15)13-25-14-23-19-17(20(25)28)12-24-26(19)9-8-22-18(27)11-21(2,3)4/h5-7,10,12,14H,8-9,11,13H2,1-4H3,(H,22,27). The predicted octanol–water partition coefficient (Wildman–Crippen LogP) is 2.50. The molecule has 2 aromatic heterocycles. The SMILES string of the molecule is Cc1cccc(Cn2cnc3c(cnn3CCNC(=O)CC(C)(C)C)c2=O)c1. The van der Waals surface area contributed by atoms with E-state index in [1.165, 1.54) is 0 Å². The van der Waals surface area contributed by atoms with E-state index in [1.54, 1.807) is 21.8 Å². The molecule has 28 heavy (non-hydrogen) atoms. The van der Waals surface area contributed by atoms with Gasteiger partial charge in [-0.2, -0.15) is 5.10 Å². The molecule has 1 aromatic carbocycles. The molecule has 0 aliphatic rings. The van der Waals surface area contributed by atoms with Crippen LogP contribution in [0.25, 0.3) is 11.0 Å². The second kappa shape index (κ2) is 7.96. The quantitative estimate of drug-likeness (QED) is 0.711. The second-order valence-electron chi connectivity index (χ2n) is 8.36. The molecule has 0 saturated heterocycles. The zero-order chi connectivity index (χ0) is 20.3. The Hall–Kier alpha value is -2.96. The highest BCUT2D eigenvalue weighted by Gasteiger charge is 2.16. The molecule has 0 saturated carbocycles. The number of carbonyl (C=O) groups is 1. The molecule has 0 fully saturated rings. The predicted molar refractivity (Wildman–Crippen MR) is 109 cm³/mol. The van der Waals surface area contributed by atoms with Crippen LogP contribution in [0.5, 0.6) is 0 Å². The maximum absolute atomic E-state index is 12.8. The number of aromatic nitrogens is 4. The Balaban J connectivity index is 1.70. The lowest BCUT2D eigenvalue weighted by molar-refractivity contribution is -0.122. The molecule has 2 heterocycles. The number of nitrogens with one attached hydrogen (secondary N) is 1. The van der Waals surface area contributed by atoms with Crippen molar-refractivity contribution in [3.05, 3.63) is 58.3 Å². The van der Waals surface area contributed by atoms with Crippen LogP contribution in [0.2, 0.25) is 0 Å². The summed E-state index contributed by atoms with van der Waals surface area (Å²) < 4.78 is 3.25. The Labute approximate surface area is 164 Å². The van der Waals surface area contributed by atoms with Crippen molar-refractivity contribution in [3.8, 4) is 0 Å². The molecule has 1 N–H and O–H groups in total. The van der Waals surface area contributed by atoms with Crippen LogP contribution in [-0.2, 0) is 17.9 Å². The fourth-order valence-electron chi connectivity index (χ4n) is 3.13. The molecule has 0 atom stereocenters. The molecule has 3 rings (SSSR count). The Morgan fingerprint density at radius 2 is 2.04 bits per heavy atom. The highest BCUT2D eigenvalue weighted by atomic mass is 16.1. The lowest BCUT2D eigenvalue weighted by atomic mass is 9.92. The summed E-state index contributed by atoms with van der Waals surface area (Å²) >= 11 is 0. The van der Waals surface area contributed by atoms with Gasteiger partial charge in [0.25, 0.3) is 5.56 Å². The average molecular weight is 381 g/mol. The largest absolute Gasteiger partial charge is 0.354 e. The first-order valence-corrected chi connectivity index (χ1v) is 9.46. The molecule has 148 valence electrons. The zero-order valence-corrected chi connectivity index (χ0v) is 16.9. The number of amides is 1. The summed E-state index contributed by atoms with van der Waals surface area (Å²) in [6.07, 6.45) is 3.58. The summed E-state index contributed by atoms with van der Waals surface area (Å²) in [6, 6.07) is 8.05. The maximum atomic E-state index is 12.8. The van der Waals surface area contributed by atoms with Gasteiger partial charge in [0.2, 0.25) is 5.91 Å². The van der Waals surface area contributed by atoms with Crippen molar-refractivity contribution in [2.75, 3.05) is 6.54 Å². The number of rotatable bonds is 6. The highest BCUT2D eigenvalue weighted by Crippen LogP contribution is 2.17. The van der Waals surface area contributed by atoms with Gasteiger partial charge in [-0.25, -0.2) is 9.67 Å². The summed E-state index contributed by atoms with van der Waals surface area (Å²) in [7, 11) is 0. The van der Waals surface area contributed by atoms with Gasteiger partial charge < -0.3 is 5.32 Å². The van der Waals surface area contributed by atoms with Gasteiger partial charge >= 0.3 is 0 Å². The van der Waals surface area contributed by atoms with Crippen LogP contribution in [0.1, 0.15) is 38.3 Å². The minimum atomic E-state index is -0.116. The maximum Gasteiger partial charge on any atom is 0.264 e. The van der Waals surface area contributed by atoms with Gasteiger partial charge in [-0.05, 0) is 17.9 Å². The van der Waals surface area contributed by atoms with Crippen LogP contribution in [0, 0.1) is 12.3 Å². The van der Waals surface area contributed by atoms with E-state index in [1.807, 2.05) is 45.9 Å². The molecule has 0 aliphatic carbocycles. The summed E-state index contributed by atoms with van der Waals surface area (Å²) in [5.74, 6) is 0.0115. The summed E-state index contributed by atoms with van der Waals surface area (Å²) in [5.41, 5.74) is 2.58.